The minimum Gasteiger partial charge on any atom is -0.382 e. The third-order valence-corrected chi connectivity index (χ3v) is 7.31. The molecule has 172 valence electrons. The van der Waals surface area contributed by atoms with Crippen molar-refractivity contribution in [2.24, 2.45) is 0 Å². The van der Waals surface area contributed by atoms with Crippen LogP contribution < -0.4 is 9.50 Å². The summed E-state index contributed by atoms with van der Waals surface area (Å²) >= 11 is 0. The summed E-state index contributed by atoms with van der Waals surface area (Å²) in [5.74, 6) is -0.437. The molecule has 0 unspecified atom stereocenters. The van der Waals surface area contributed by atoms with Crippen LogP contribution in [0.15, 0.2) is 60.3 Å². The number of carbonyl (C=O) groups is 1. The van der Waals surface area contributed by atoms with Crippen molar-refractivity contribution in [3.8, 4) is 5.75 Å². The Kier molecular flexibility index (Phi) is 6.39. The number of hydrogen-bond donors (Lipinski definition) is 1. The van der Waals surface area contributed by atoms with Gasteiger partial charge in [-0.1, -0.05) is 48.5 Å². The van der Waals surface area contributed by atoms with E-state index >= 15 is 0 Å². The zero-order valence-corrected chi connectivity index (χ0v) is 20.0. The molecule has 0 radical (unpaired) electrons. The Hall–Kier alpha value is -2.85. The summed E-state index contributed by atoms with van der Waals surface area (Å²) in [7, 11) is -7.77. The molecule has 0 fully saturated rings. The molecule has 0 aliphatic carbocycles. The van der Waals surface area contributed by atoms with Gasteiger partial charge in [0.15, 0.2) is 0 Å². The molecule has 0 bridgehead atoms. The smallest absolute Gasteiger partial charge is 0.306 e. The summed E-state index contributed by atoms with van der Waals surface area (Å²) in [5.41, 5.74) is 0.0618. The predicted octanol–water partition coefficient (Wildman–Crippen LogP) is 2.50. The van der Waals surface area contributed by atoms with E-state index in [0.29, 0.717) is 17.5 Å². The van der Waals surface area contributed by atoms with E-state index in [1.165, 1.54) is 6.07 Å². The van der Waals surface area contributed by atoms with E-state index < -0.39 is 31.6 Å². The molecular formula is C22H26N2O6S2. The van der Waals surface area contributed by atoms with Gasteiger partial charge in [-0.15, -0.1) is 0 Å². The van der Waals surface area contributed by atoms with Crippen molar-refractivity contribution in [2.75, 3.05) is 12.8 Å². The van der Waals surface area contributed by atoms with Crippen LogP contribution >= 0.6 is 0 Å². The maximum atomic E-state index is 13.3. The molecule has 0 saturated heterocycles. The number of nitrogens with one attached hydrogen (secondary N) is 1. The van der Waals surface area contributed by atoms with Crippen LogP contribution in [-0.4, -0.2) is 45.4 Å². The first-order valence-corrected chi connectivity index (χ1v) is 13.2. The number of carbonyl (C=O) groups excluding carboxylic acids is 1. The second-order valence-electron chi connectivity index (χ2n) is 8.39. The lowest BCUT2D eigenvalue weighted by Crippen LogP contribution is -2.46. The third-order valence-electron chi connectivity index (χ3n) is 4.68. The number of para-hydroxylation sites is 1. The van der Waals surface area contributed by atoms with Crippen molar-refractivity contribution in [3.05, 3.63) is 71.4 Å². The lowest BCUT2D eigenvalue weighted by atomic mass is 10.1. The van der Waals surface area contributed by atoms with E-state index in [0.717, 1.165) is 10.6 Å². The van der Waals surface area contributed by atoms with E-state index in [9.17, 15) is 21.6 Å². The zero-order valence-electron chi connectivity index (χ0n) is 18.3. The zero-order chi connectivity index (χ0) is 23.7. The van der Waals surface area contributed by atoms with Gasteiger partial charge in [-0.3, -0.25) is 4.79 Å². The molecule has 0 spiro atoms. The van der Waals surface area contributed by atoms with Gasteiger partial charge in [0.05, 0.1) is 11.8 Å². The molecule has 1 aliphatic rings. The topological polar surface area (TPSA) is 110 Å². The maximum Gasteiger partial charge on any atom is 0.306 e. The fraction of sp³-hybridized carbons (Fsp3) is 0.318. The monoisotopic (exact) mass is 478 g/mol. The molecule has 1 aliphatic heterocycles. The summed E-state index contributed by atoms with van der Waals surface area (Å²) in [6.07, 6.45) is 1.27. The number of amides is 1. The minimum absolute atomic E-state index is 0.00682. The van der Waals surface area contributed by atoms with Crippen LogP contribution in [0.4, 0.5) is 0 Å². The molecule has 1 N–H and O–H groups in total. The van der Waals surface area contributed by atoms with Gasteiger partial charge in [-0.05, 0) is 44.4 Å². The van der Waals surface area contributed by atoms with Crippen LogP contribution in [0.1, 0.15) is 31.9 Å². The van der Waals surface area contributed by atoms with Crippen molar-refractivity contribution in [1.29, 1.82) is 0 Å². The highest BCUT2D eigenvalue weighted by atomic mass is 32.2. The molecule has 10 heteroatoms. The molecule has 0 saturated carbocycles. The third kappa shape index (κ3) is 4.97. The Balaban J connectivity index is 1.94. The average Bonchev–Trinajstić information content (AvgIpc) is 2.87. The van der Waals surface area contributed by atoms with Gasteiger partial charge in [-0.25, -0.2) is 12.7 Å². The van der Waals surface area contributed by atoms with Crippen LogP contribution in [0, 0.1) is 0 Å². The first kappa shape index (κ1) is 23.8. The molecule has 1 amide bonds. The van der Waals surface area contributed by atoms with Crippen molar-refractivity contribution in [1.82, 2.24) is 9.62 Å². The number of hydrogen-bond acceptors (Lipinski definition) is 7. The van der Waals surface area contributed by atoms with E-state index in [2.05, 4.69) is 5.32 Å². The summed E-state index contributed by atoms with van der Waals surface area (Å²) in [6.45, 7) is 5.17. The van der Waals surface area contributed by atoms with E-state index in [1.54, 1.807) is 69.3 Å². The molecule has 8 nitrogen and oxygen atoms in total. The quantitative estimate of drug-likeness (QED) is 0.609. The summed E-state index contributed by atoms with van der Waals surface area (Å²) in [5, 5.41) is 2.98. The van der Waals surface area contributed by atoms with Gasteiger partial charge in [0.25, 0.3) is 15.9 Å². The second-order valence-corrected chi connectivity index (χ2v) is 11.7. The fourth-order valence-electron chi connectivity index (χ4n) is 3.51. The number of sulfonamides is 1. The first-order chi connectivity index (χ1) is 14.8. The van der Waals surface area contributed by atoms with E-state index in [1.807, 2.05) is 0 Å². The van der Waals surface area contributed by atoms with Gasteiger partial charge in [0, 0.05) is 6.54 Å². The highest BCUT2D eigenvalue weighted by Gasteiger charge is 2.49. The molecule has 2 aromatic rings. The first-order valence-electron chi connectivity index (χ1n) is 9.93. The van der Waals surface area contributed by atoms with Gasteiger partial charge in [-0.2, -0.15) is 8.42 Å². The van der Waals surface area contributed by atoms with Crippen LogP contribution in [0.3, 0.4) is 0 Å². The van der Waals surface area contributed by atoms with Gasteiger partial charge < -0.3 is 9.50 Å². The highest BCUT2D eigenvalue weighted by Crippen LogP contribution is 2.38. The van der Waals surface area contributed by atoms with Crippen LogP contribution in [0.2, 0.25) is 0 Å². The van der Waals surface area contributed by atoms with Crippen molar-refractivity contribution < 1.29 is 25.8 Å². The fourth-order valence-corrected chi connectivity index (χ4v) is 6.06. The Morgan fingerprint density at radius 2 is 1.59 bits per heavy atom. The van der Waals surface area contributed by atoms with Gasteiger partial charge >= 0.3 is 10.1 Å². The largest absolute Gasteiger partial charge is 0.382 e. The molecule has 3 rings (SSSR count). The molecule has 0 atom stereocenters. The molecular weight excluding hydrogens is 452 g/mol. The average molecular weight is 479 g/mol. The Morgan fingerprint density at radius 3 is 2.19 bits per heavy atom. The molecule has 0 aromatic heterocycles. The predicted molar refractivity (Wildman–Crippen MR) is 123 cm³/mol. The highest BCUT2D eigenvalue weighted by molar-refractivity contribution is 7.99. The van der Waals surface area contributed by atoms with Crippen molar-refractivity contribution in [2.45, 2.75) is 32.7 Å². The number of rotatable bonds is 7. The van der Waals surface area contributed by atoms with Gasteiger partial charge in [0.2, 0.25) is 0 Å². The van der Waals surface area contributed by atoms with Crippen molar-refractivity contribution >= 4 is 31.0 Å². The molecule has 1 heterocycles. The Bertz CT molecular complexity index is 1260. The van der Waals surface area contributed by atoms with Crippen LogP contribution in [-0.2, 0) is 31.4 Å². The summed E-state index contributed by atoms with van der Waals surface area (Å²) in [4.78, 5) is 13.1. The SMILES string of the molecule is CC(C)(C)N1C(=O)C(NCCc2ccccc2OS(C)(=O)=O)=C(c2ccccc2)S1(=O)=O. The second kappa shape index (κ2) is 8.59. The van der Waals surface area contributed by atoms with E-state index in [-0.39, 0.29) is 22.9 Å². The Labute approximate surface area is 189 Å². The van der Waals surface area contributed by atoms with Crippen LogP contribution in [0.5, 0.6) is 5.75 Å². The van der Waals surface area contributed by atoms with Gasteiger partial charge in [0.1, 0.15) is 16.4 Å². The Morgan fingerprint density at radius 1 is 1.00 bits per heavy atom. The molecule has 32 heavy (non-hydrogen) atoms. The summed E-state index contributed by atoms with van der Waals surface area (Å²) < 4.78 is 55.6. The number of nitrogens with zero attached hydrogens (tertiary/aromatic N) is 1. The number of benzene rings is 2. The standard InChI is InChI=1S/C22H26N2O6S2/c1-22(2,3)24-21(25)19(20(32(24,28)29)17-11-6-5-7-12-17)23-15-14-16-10-8-9-13-18(16)30-31(4,26)27/h5-13,23H,14-15H2,1-4H3. The van der Waals surface area contributed by atoms with E-state index in [4.69, 9.17) is 4.18 Å². The van der Waals surface area contributed by atoms with Crippen molar-refractivity contribution in [3.63, 3.8) is 0 Å². The lowest BCUT2D eigenvalue weighted by Gasteiger charge is -2.30. The minimum atomic E-state index is -4.07. The summed E-state index contributed by atoms with van der Waals surface area (Å²) in [6, 6.07) is 15.1. The van der Waals surface area contributed by atoms with Crippen LogP contribution in [0.25, 0.3) is 4.91 Å². The lowest BCUT2D eigenvalue weighted by molar-refractivity contribution is -0.125. The molecule has 2 aromatic carbocycles. The maximum absolute atomic E-state index is 13.3. The normalized spacial score (nSPS) is 16.4.